The zero-order valence-corrected chi connectivity index (χ0v) is 17.5. The second-order valence-corrected chi connectivity index (χ2v) is 9.10. The van der Waals surface area contributed by atoms with Gasteiger partial charge in [-0.2, -0.15) is 13.2 Å². The van der Waals surface area contributed by atoms with E-state index in [0.717, 1.165) is 17.4 Å². The van der Waals surface area contributed by atoms with E-state index in [1.165, 1.54) is 12.1 Å². The summed E-state index contributed by atoms with van der Waals surface area (Å²) in [4.78, 5) is 19.2. The summed E-state index contributed by atoms with van der Waals surface area (Å²) < 4.78 is 78.6. The number of amides is 1. The summed E-state index contributed by atoms with van der Waals surface area (Å²) in [5, 5.41) is 4.07. The molecule has 6 nitrogen and oxygen atoms in total. The van der Waals surface area contributed by atoms with Gasteiger partial charge in [0.05, 0.1) is 20.7 Å². The van der Waals surface area contributed by atoms with Gasteiger partial charge in [0.25, 0.3) is 0 Å². The Morgan fingerprint density at radius 2 is 1.79 bits per heavy atom. The Kier molecular flexibility index (Phi) is 5.75. The standard InChI is InChI=1S/C22H15F4N3O3S/c23-15-3-6-20(17(10-15)22(24,25)26)33(31,32)16-4-1-13(2-5-16)11-28-21(30)19-9-14-12-27-8-7-18(14)29-19/h1-10,12,19H,11H2,(H,28,30). The van der Waals surface area contributed by atoms with Crippen LogP contribution in [0.3, 0.4) is 0 Å². The first-order valence-corrected chi connectivity index (χ1v) is 11.0. The molecule has 11 heteroatoms. The molecule has 0 fully saturated rings. The minimum absolute atomic E-state index is 0.0535. The van der Waals surface area contributed by atoms with E-state index >= 15 is 0 Å². The summed E-state index contributed by atoms with van der Waals surface area (Å²) in [6, 6.07) is 7.38. The molecule has 0 bridgehead atoms. The molecule has 1 N–H and O–H groups in total. The van der Waals surface area contributed by atoms with E-state index in [2.05, 4.69) is 15.3 Å². The fourth-order valence-electron chi connectivity index (χ4n) is 3.30. The van der Waals surface area contributed by atoms with Crippen molar-refractivity contribution in [1.82, 2.24) is 10.3 Å². The first-order valence-electron chi connectivity index (χ1n) is 9.54. The smallest absolute Gasteiger partial charge is 0.350 e. The normalized spacial score (nSPS) is 15.3. The molecule has 1 atom stereocenters. The lowest BCUT2D eigenvalue weighted by Gasteiger charge is -2.14. The summed E-state index contributed by atoms with van der Waals surface area (Å²) >= 11 is 0. The maximum atomic E-state index is 13.3. The third-order valence-corrected chi connectivity index (χ3v) is 6.78. The molecular formula is C22H15F4N3O3S. The lowest BCUT2D eigenvalue weighted by Crippen LogP contribution is -2.31. The van der Waals surface area contributed by atoms with Crippen LogP contribution in [0.5, 0.6) is 0 Å². The maximum absolute atomic E-state index is 13.3. The van der Waals surface area contributed by atoms with Crippen LogP contribution in [0.1, 0.15) is 11.1 Å². The van der Waals surface area contributed by atoms with E-state index in [-0.39, 0.29) is 18.5 Å². The number of nitrogens with zero attached hydrogens (tertiary/aromatic N) is 2. The number of benzene rings is 2. The van der Waals surface area contributed by atoms with Gasteiger partial charge in [-0.05, 0) is 48.0 Å². The molecule has 0 saturated carbocycles. The van der Waals surface area contributed by atoms with Crippen molar-refractivity contribution in [2.45, 2.75) is 28.6 Å². The minimum atomic E-state index is -5.05. The Bertz CT molecular complexity index is 1420. The van der Waals surface area contributed by atoms with Gasteiger partial charge in [-0.1, -0.05) is 12.1 Å². The fourth-order valence-corrected chi connectivity index (χ4v) is 4.76. The Labute approximate surface area is 185 Å². The van der Waals surface area contributed by atoms with Crippen molar-refractivity contribution in [2.75, 3.05) is 0 Å². The van der Waals surface area contributed by atoms with Crippen molar-refractivity contribution >= 4 is 21.8 Å². The van der Waals surface area contributed by atoms with Crippen LogP contribution in [0, 0.1) is 5.82 Å². The molecule has 1 aliphatic heterocycles. The van der Waals surface area contributed by atoms with Crippen LogP contribution < -0.4 is 15.9 Å². The molecule has 0 spiro atoms. The van der Waals surface area contributed by atoms with Crippen LogP contribution in [-0.4, -0.2) is 25.4 Å². The van der Waals surface area contributed by atoms with Crippen molar-refractivity contribution in [3.8, 4) is 0 Å². The molecule has 170 valence electrons. The highest BCUT2D eigenvalue weighted by Gasteiger charge is 2.38. The molecule has 1 amide bonds. The number of rotatable bonds is 5. The average molecular weight is 477 g/mol. The van der Waals surface area contributed by atoms with E-state index in [1.54, 1.807) is 24.5 Å². The summed E-state index contributed by atoms with van der Waals surface area (Å²) in [5.74, 6) is -1.57. The zero-order valence-electron chi connectivity index (χ0n) is 16.7. The Hall–Kier alpha value is -3.60. The monoisotopic (exact) mass is 477 g/mol. The molecule has 4 rings (SSSR count). The predicted molar refractivity (Wildman–Crippen MR) is 108 cm³/mol. The second-order valence-electron chi connectivity index (χ2n) is 7.18. The maximum Gasteiger partial charge on any atom is 0.417 e. The van der Waals surface area contributed by atoms with Crippen LogP contribution in [0.2, 0.25) is 0 Å². The van der Waals surface area contributed by atoms with Gasteiger partial charge in [-0.25, -0.2) is 12.8 Å². The zero-order chi connectivity index (χ0) is 23.8. The molecule has 33 heavy (non-hydrogen) atoms. The highest BCUT2D eigenvalue weighted by atomic mass is 32.2. The van der Waals surface area contributed by atoms with E-state index in [0.29, 0.717) is 23.1 Å². The SMILES string of the molecule is O=C(NCc1ccc(S(=O)(=O)c2ccc(F)cc2C(F)(F)F)cc1)C1C=c2cnccc2=N1. The third kappa shape index (κ3) is 4.63. The fraction of sp³-hybridized carbons (Fsp3) is 0.136. The number of halogens is 4. The van der Waals surface area contributed by atoms with Crippen LogP contribution in [0.25, 0.3) is 6.08 Å². The quantitative estimate of drug-likeness (QED) is 0.451. The topological polar surface area (TPSA) is 88.5 Å². The van der Waals surface area contributed by atoms with Crippen molar-refractivity contribution < 1.29 is 30.8 Å². The summed E-state index contributed by atoms with van der Waals surface area (Å²) in [5.41, 5.74) is -1.05. The van der Waals surface area contributed by atoms with Gasteiger partial charge >= 0.3 is 6.18 Å². The van der Waals surface area contributed by atoms with Crippen LogP contribution in [0.4, 0.5) is 17.6 Å². The molecule has 0 radical (unpaired) electrons. The molecule has 2 aromatic carbocycles. The number of carbonyl (C=O) groups is 1. The number of hydrogen-bond acceptors (Lipinski definition) is 5. The predicted octanol–water partition coefficient (Wildman–Crippen LogP) is 2.17. The first-order chi connectivity index (χ1) is 15.6. The van der Waals surface area contributed by atoms with E-state index < -0.39 is 43.2 Å². The van der Waals surface area contributed by atoms with Crippen molar-refractivity contribution in [1.29, 1.82) is 0 Å². The van der Waals surface area contributed by atoms with Gasteiger partial charge in [0, 0.05) is 24.2 Å². The second kappa shape index (κ2) is 8.39. The van der Waals surface area contributed by atoms with Crippen LogP contribution in [-0.2, 0) is 27.4 Å². The lowest BCUT2D eigenvalue weighted by atomic mass is 10.2. The van der Waals surface area contributed by atoms with Crippen LogP contribution in [0.15, 0.2) is 75.7 Å². The van der Waals surface area contributed by atoms with Crippen LogP contribution >= 0.6 is 0 Å². The molecule has 1 aromatic heterocycles. The Morgan fingerprint density at radius 1 is 1.06 bits per heavy atom. The number of hydrogen-bond donors (Lipinski definition) is 1. The number of fused-ring (bicyclic) bond motifs is 1. The number of alkyl halides is 3. The molecule has 1 aliphatic rings. The third-order valence-electron chi connectivity index (χ3n) is 4.95. The van der Waals surface area contributed by atoms with Gasteiger partial charge < -0.3 is 5.32 Å². The van der Waals surface area contributed by atoms with E-state index in [1.807, 2.05) is 0 Å². The molecule has 3 aromatic rings. The number of pyridine rings is 1. The summed E-state index contributed by atoms with van der Waals surface area (Å²) in [7, 11) is -4.56. The first kappa shape index (κ1) is 22.6. The van der Waals surface area contributed by atoms with Gasteiger partial charge in [-0.15, -0.1) is 0 Å². The molecule has 2 heterocycles. The van der Waals surface area contributed by atoms with Crippen molar-refractivity contribution in [2.24, 2.45) is 4.99 Å². The van der Waals surface area contributed by atoms with E-state index in [4.69, 9.17) is 0 Å². The molecule has 0 saturated heterocycles. The van der Waals surface area contributed by atoms with Crippen molar-refractivity contribution in [3.05, 3.63) is 88.4 Å². The van der Waals surface area contributed by atoms with Gasteiger partial charge in [0.2, 0.25) is 15.7 Å². The van der Waals surface area contributed by atoms with Gasteiger partial charge in [-0.3, -0.25) is 14.8 Å². The van der Waals surface area contributed by atoms with Gasteiger partial charge in [0.15, 0.2) is 0 Å². The number of carbonyl (C=O) groups excluding carboxylic acids is 1. The summed E-state index contributed by atoms with van der Waals surface area (Å²) in [6.07, 6.45) is -0.229. The van der Waals surface area contributed by atoms with E-state index in [9.17, 15) is 30.8 Å². The Balaban J connectivity index is 1.50. The minimum Gasteiger partial charge on any atom is -0.350 e. The highest BCUT2D eigenvalue weighted by molar-refractivity contribution is 7.91. The van der Waals surface area contributed by atoms with Gasteiger partial charge in [0.1, 0.15) is 11.9 Å². The number of nitrogens with one attached hydrogen (secondary N) is 1. The summed E-state index contributed by atoms with van der Waals surface area (Å²) in [6.45, 7) is 0.0535. The average Bonchev–Trinajstić information content (AvgIpc) is 3.21. The highest BCUT2D eigenvalue weighted by Crippen LogP contribution is 2.36. The number of aromatic nitrogens is 1. The van der Waals surface area contributed by atoms with Crippen molar-refractivity contribution in [3.63, 3.8) is 0 Å². The molecule has 1 unspecified atom stereocenters. The number of sulfone groups is 1. The Morgan fingerprint density at radius 3 is 2.45 bits per heavy atom. The molecule has 0 aliphatic carbocycles. The lowest BCUT2D eigenvalue weighted by molar-refractivity contribution is -0.140. The molecular weight excluding hydrogens is 462 g/mol. The largest absolute Gasteiger partial charge is 0.417 e.